The van der Waals surface area contributed by atoms with Crippen LogP contribution in [0.3, 0.4) is 0 Å². The van der Waals surface area contributed by atoms with Crippen molar-refractivity contribution in [3.63, 3.8) is 0 Å². The Bertz CT molecular complexity index is 232. The van der Waals surface area contributed by atoms with Crippen LogP contribution in [-0.4, -0.2) is 38.1 Å². The van der Waals surface area contributed by atoms with Gasteiger partial charge in [0.25, 0.3) is 0 Å². The smallest absolute Gasteiger partial charge is 0.0780 e. The molecule has 0 aromatic heterocycles. The Balaban J connectivity index is 0. The zero-order chi connectivity index (χ0) is 15.9. The number of carbonyl (C=O) groups is 1. The zero-order valence-corrected chi connectivity index (χ0v) is 14.1. The number of nitrogens with zero attached hydrogens (tertiary/aromatic N) is 1. The lowest BCUT2D eigenvalue weighted by atomic mass is 10.1. The van der Waals surface area contributed by atoms with Crippen LogP contribution in [-0.2, 0) is 4.79 Å². The van der Waals surface area contributed by atoms with Crippen LogP contribution in [0.25, 0.3) is 0 Å². The van der Waals surface area contributed by atoms with E-state index in [1.807, 2.05) is 0 Å². The highest BCUT2D eigenvalue weighted by molar-refractivity contribution is 5.65. The minimum atomic E-state index is -1.08. The van der Waals surface area contributed by atoms with Crippen LogP contribution in [0.1, 0.15) is 64.7 Å². The molecule has 0 unspecified atom stereocenters. The van der Waals surface area contributed by atoms with Gasteiger partial charge in [-0.1, -0.05) is 51.5 Å². The predicted molar refractivity (Wildman–Crippen MR) is 85.3 cm³/mol. The minimum Gasteiger partial charge on any atom is -0.550 e. The fraction of sp³-hybridized carbons (Fsp3) is 0.824. The molecule has 0 radical (unpaired) electrons. The first-order valence-electron chi connectivity index (χ1n) is 7.94. The first-order valence-corrected chi connectivity index (χ1v) is 7.94. The normalized spacial score (nSPS) is 10.6. The molecule has 0 bridgehead atoms. The molecule has 120 valence electrons. The quantitative estimate of drug-likeness (QED) is 0.332. The Hall–Kier alpha value is -0.830. The van der Waals surface area contributed by atoms with Gasteiger partial charge in [0, 0.05) is 12.4 Å². The Labute approximate surface area is 126 Å². The van der Waals surface area contributed by atoms with Gasteiger partial charge in [0.15, 0.2) is 0 Å². The van der Waals surface area contributed by atoms with Crippen molar-refractivity contribution < 1.29 is 14.4 Å². The number of hydrogen-bond donors (Lipinski definition) is 0. The average Bonchev–Trinajstić information content (AvgIpc) is 2.32. The van der Waals surface area contributed by atoms with Crippen molar-refractivity contribution in [1.82, 2.24) is 0 Å². The second-order valence-electron chi connectivity index (χ2n) is 6.35. The summed E-state index contributed by atoms with van der Waals surface area (Å²) in [5, 5.41) is 9.42. The Morgan fingerprint density at radius 3 is 1.75 bits per heavy atom. The number of rotatable bonds is 11. The molecule has 0 fully saturated rings. The van der Waals surface area contributed by atoms with Gasteiger partial charge in [-0.2, -0.15) is 0 Å². The second-order valence-corrected chi connectivity index (χ2v) is 6.35. The predicted octanol–water partition coefficient (Wildman–Crippen LogP) is 3.15. The van der Waals surface area contributed by atoms with Crippen molar-refractivity contribution in [3.8, 4) is 0 Å². The molecule has 0 spiro atoms. The van der Waals surface area contributed by atoms with Crippen molar-refractivity contribution in [2.24, 2.45) is 0 Å². The molecule has 0 N–H and O–H groups in total. The summed E-state index contributed by atoms with van der Waals surface area (Å²) in [7, 11) is 6.84. The number of unbranched alkanes of at least 4 members (excludes halogenated alkanes) is 7. The van der Waals surface area contributed by atoms with Gasteiger partial charge in [0.1, 0.15) is 0 Å². The van der Waals surface area contributed by atoms with Crippen LogP contribution in [0, 0.1) is 0 Å². The van der Waals surface area contributed by atoms with Gasteiger partial charge >= 0.3 is 0 Å². The molecular weight excluding hydrogens is 250 g/mol. The van der Waals surface area contributed by atoms with Gasteiger partial charge in [0.05, 0.1) is 27.7 Å². The number of carboxylic acids is 1. The first-order chi connectivity index (χ1) is 9.33. The van der Waals surface area contributed by atoms with Crippen molar-refractivity contribution >= 4 is 5.97 Å². The number of hydrogen-bond acceptors (Lipinski definition) is 2. The van der Waals surface area contributed by atoms with Crippen LogP contribution in [0.5, 0.6) is 0 Å². The number of carboxylic acid groups (broad SMARTS) is 1. The Kier molecular flexibility index (Phi) is 15.6. The SMILES string of the molecule is C=CCC(=O)[O-].CCCCCCCCCC[N+](C)(C)C. The second kappa shape index (κ2) is 14.6. The van der Waals surface area contributed by atoms with E-state index in [-0.39, 0.29) is 6.42 Å². The van der Waals surface area contributed by atoms with Crippen molar-refractivity contribution in [1.29, 1.82) is 0 Å². The van der Waals surface area contributed by atoms with Crippen LogP contribution in [0.4, 0.5) is 0 Å². The van der Waals surface area contributed by atoms with Crippen LogP contribution >= 0.6 is 0 Å². The molecule has 3 heteroatoms. The van der Waals surface area contributed by atoms with Crippen molar-refractivity contribution in [3.05, 3.63) is 12.7 Å². The van der Waals surface area contributed by atoms with Gasteiger partial charge in [-0.15, -0.1) is 6.58 Å². The van der Waals surface area contributed by atoms with Gasteiger partial charge in [-0.25, -0.2) is 0 Å². The van der Waals surface area contributed by atoms with E-state index in [0.29, 0.717) is 0 Å². The molecule has 20 heavy (non-hydrogen) atoms. The summed E-state index contributed by atoms with van der Waals surface area (Å²) in [6.45, 7) is 6.79. The molecule has 0 aromatic rings. The highest BCUT2D eigenvalue weighted by Crippen LogP contribution is 2.09. The standard InChI is InChI=1S/C13H30N.C4H6O2/c1-5-6-7-8-9-10-11-12-13-14(2,3)4;1-2-3-4(5)6/h5-13H2,1-4H3;2H,1,3H2,(H,5,6)/q+1;/p-1. The first kappa shape index (κ1) is 21.5. The van der Waals surface area contributed by atoms with Gasteiger partial charge in [0.2, 0.25) is 0 Å². The van der Waals surface area contributed by atoms with E-state index in [2.05, 4.69) is 34.6 Å². The molecule has 0 rings (SSSR count). The fourth-order valence-corrected chi connectivity index (χ4v) is 1.84. The lowest BCUT2D eigenvalue weighted by molar-refractivity contribution is -0.870. The maximum Gasteiger partial charge on any atom is 0.0780 e. The lowest BCUT2D eigenvalue weighted by Crippen LogP contribution is -2.35. The summed E-state index contributed by atoms with van der Waals surface area (Å²) in [6, 6.07) is 0. The molecule has 0 saturated heterocycles. The number of quaternary nitrogens is 1. The highest BCUT2D eigenvalue weighted by Gasteiger charge is 2.04. The molecular formula is C17H35NO2. The van der Waals surface area contributed by atoms with E-state index < -0.39 is 5.97 Å². The maximum absolute atomic E-state index is 9.42. The molecule has 0 saturated carbocycles. The summed E-state index contributed by atoms with van der Waals surface area (Å²) in [6.07, 6.45) is 12.7. The summed E-state index contributed by atoms with van der Waals surface area (Å²) >= 11 is 0. The lowest BCUT2D eigenvalue weighted by Gasteiger charge is -2.23. The summed E-state index contributed by atoms with van der Waals surface area (Å²) < 4.78 is 1.12. The third kappa shape index (κ3) is 25.9. The summed E-state index contributed by atoms with van der Waals surface area (Å²) in [5.74, 6) is -1.08. The van der Waals surface area contributed by atoms with E-state index in [1.54, 1.807) is 0 Å². The number of carbonyl (C=O) groups excluding carboxylic acids is 1. The fourth-order valence-electron chi connectivity index (χ4n) is 1.84. The third-order valence-electron chi connectivity index (χ3n) is 2.99. The monoisotopic (exact) mass is 285 g/mol. The van der Waals surface area contributed by atoms with E-state index in [4.69, 9.17) is 0 Å². The summed E-state index contributed by atoms with van der Waals surface area (Å²) in [4.78, 5) is 9.42. The molecule has 0 atom stereocenters. The molecule has 0 aliphatic rings. The Morgan fingerprint density at radius 1 is 1.00 bits per heavy atom. The molecule has 0 aliphatic carbocycles. The number of aliphatic carboxylic acids is 1. The van der Waals surface area contributed by atoms with E-state index in [9.17, 15) is 9.90 Å². The average molecular weight is 285 g/mol. The molecule has 0 aromatic carbocycles. The van der Waals surface area contributed by atoms with Crippen molar-refractivity contribution in [2.45, 2.75) is 64.7 Å². The largest absolute Gasteiger partial charge is 0.550 e. The zero-order valence-electron chi connectivity index (χ0n) is 14.1. The van der Waals surface area contributed by atoms with Gasteiger partial charge in [-0.05, 0) is 12.8 Å². The molecule has 0 heterocycles. The molecule has 0 aliphatic heterocycles. The Morgan fingerprint density at radius 2 is 1.45 bits per heavy atom. The van der Waals surface area contributed by atoms with Crippen LogP contribution < -0.4 is 5.11 Å². The summed E-state index contributed by atoms with van der Waals surface area (Å²) in [5.41, 5.74) is 0. The van der Waals surface area contributed by atoms with E-state index in [0.717, 1.165) is 4.48 Å². The molecule has 3 nitrogen and oxygen atoms in total. The molecule has 0 amide bonds. The van der Waals surface area contributed by atoms with Crippen LogP contribution in [0.15, 0.2) is 12.7 Å². The topological polar surface area (TPSA) is 40.1 Å². The third-order valence-corrected chi connectivity index (χ3v) is 2.99. The highest BCUT2D eigenvalue weighted by atomic mass is 16.4. The van der Waals surface area contributed by atoms with Gasteiger partial charge in [-0.3, -0.25) is 0 Å². The van der Waals surface area contributed by atoms with E-state index in [1.165, 1.54) is 64.0 Å². The minimum absolute atomic E-state index is 0.0556. The van der Waals surface area contributed by atoms with E-state index >= 15 is 0 Å². The van der Waals surface area contributed by atoms with Crippen molar-refractivity contribution in [2.75, 3.05) is 27.7 Å². The van der Waals surface area contributed by atoms with Crippen LogP contribution in [0.2, 0.25) is 0 Å². The maximum atomic E-state index is 9.42. The van der Waals surface area contributed by atoms with Gasteiger partial charge < -0.3 is 14.4 Å².